The monoisotopic (exact) mass is 624 g/mol. The van der Waals surface area contributed by atoms with Gasteiger partial charge in [0.2, 0.25) is 0 Å². The minimum Gasteiger partial charge on any atom is -0.335 e. The van der Waals surface area contributed by atoms with Gasteiger partial charge < -0.3 is 4.90 Å². The largest absolute Gasteiger partial charge is 0.416 e. The molecule has 0 aliphatic carbocycles. The van der Waals surface area contributed by atoms with E-state index in [0.717, 1.165) is 41.8 Å². The molecule has 3 aromatic carbocycles. The van der Waals surface area contributed by atoms with Gasteiger partial charge in [-0.3, -0.25) is 14.6 Å². The average molecular weight is 625 g/mol. The lowest BCUT2D eigenvalue weighted by atomic mass is 10.1. The molecule has 0 bridgehead atoms. The van der Waals surface area contributed by atoms with Crippen molar-refractivity contribution >= 4 is 34.9 Å². The maximum atomic E-state index is 13.3. The van der Waals surface area contributed by atoms with Crippen LogP contribution in [0, 0.1) is 0 Å². The summed E-state index contributed by atoms with van der Waals surface area (Å²) in [5.41, 5.74) is 2.42. The molecule has 0 N–H and O–H groups in total. The summed E-state index contributed by atoms with van der Waals surface area (Å²) < 4.78 is 40.0. The van der Waals surface area contributed by atoms with Crippen molar-refractivity contribution in [3.8, 4) is 0 Å². The Kier molecular flexibility index (Phi) is 10.3. The summed E-state index contributed by atoms with van der Waals surface area (Å²) in [6.45, 7) is 4.81. The molecule has 10 heteroatoms. The van der Waals surface area contributed by atoms with Crippen molar-refractivity contribution in [1.82, 2.24) is 19.7 Å². The third-order valence-corrected chi connectivity index (χ3v) is 8.33. The van der Waals surface area contributed by atoms with Crippen LogP contribution in [-0.2, 0) is 25.8 Å². The van der Waals surface area contributed by atoms with Crippen molar-refractivity contribution in [1.29, 1.82) is 0 Å². The first-order chi connectivity index (χ1) is 20.7. The third kappa shape index (κ3) is 9.00. The summed E-state index contributed by atoms with van der Waals surface area (Å²) in [7, 11) is 0. The maximum Gasteiger partial charge on any atom is 0.416 e. The van der Waals surface area contributed by atoms with Gasteiger partial charge in [0.05, 0.1) is 12.1 Å². The lowest BCUT2D eigenvalue weighted by Crippen LogP contribution is -2.48. The van der Waals surface area contributed by atoms with Crippen LogP contribution in [-0.4, -0.2) is 58.3 Å². The molecule has 5 nitrogen and oxygen atoms in total. The molecule has 4 aromatic rings. The molecule has 5 rings (SSSR count). The SMILES string of the molecule is O=C(c1csc(CN(Cc2ccc(Cl)cc2)Cc2cccc(C(F)(F)F)c2)n1)N1CCN(CC=Cc2ccccc2)CC1. The molecular weight excluding hydrogens is 593 g/mol. The molecule has 43 heavy (non-hydrogen) atoms. The standard InChI is InChI=1S/C33H32ClF3N4OS/c34-29-13-11-26(12-14-29)21-40(22-27-8-4-10-28(20-27)33(35,36)37)23-31-38-30(24-43-31)32(42)41-18-16-39(17-19-41)15-5-9-25-6-2-1-3-7-25/h1-14,20,24H,15-19,21-23H2. The van der Waals surface area contributed by atoms with Crippen molar-refractivity contribution in [3.05, 3.63) is 128 Å². The van der Waals surface area contributed by atoms with E-state index in [1.165, 1.54) is 23.5 Å². The molecule has 0 unspecified atom stereocenters. The van der Waals surface area contributed by atoms with E-state index in [1.807, 2.05) is 40.1 Å². The molecule has 2 heterocycles. The third-order valence-electron chi connectivity index (χ3n) is 7.24. The smallest absolute Gasteiger partial charge is 0.335 e. The highest BCUT2D eigenvalue weighted by Crippen LogP contribution is 2.30. The quantitative estimate of drug-likeness (QED) is 0.183. The number of nitrogens with zero attached hydrogens (tertiary/aromatic N) is 4. The van der Waals surface area contributed by atoms with E-state index in [4.69, 9.17) is 11.6 Å². The van der Waals surface area contributed by atoms with Gasteiger partial charge in [-0.05, 0) is 34.9 Å². The summed E-state index contributed by atoms with van der Waals surface area (Å²) in [6, 6.07) is 22.9. The molecule has 0 atom stereocenters. The topological polar surface area (TPSA) is 39.7 Å². The lowest BCUT2D eigenvalue weighted by molar-refractivity contribution is -0.137. The Hall–Kier alpha value is -3.50. The van der Waals surface area contributed by atoms with Crippen LogP contribution in [0.5, 0.6) is 0 Å². The van der Waals surface area contributed by atoms with Crippen LogP contribution in [0.3, 0.4) is 0 Å². The second-order valence-corrected chi connectivity index (χ2v) is 11.9. The molecule has 1 aliphatic heterocycles. The molecule has 0 radical (unpaired) electrons. The number of carbonyl (C=O) groups is 1. The van der Waals surface area contributed by atoms with Crippen LogP contribution in [0.2, 0.25) is 5.02 Å². The second-order valence-electron chi connectivity index (χ2n) is 10.5. The first-order valence-electron chi connectivity index (χ1n) is 14.0. The minimum absolute atomic E-state index is 0.0934. The fourth-order valence-corrected chi connectivity index (χ4v) is 5.93. The number of hydrogen-bond acceptors (Lipinski definition) is 5. The summed E-state index contributed by atoms with van der Waals surface area (Å²) >= 11 is 7.44. The van der Waals surface area contributed by atoms with Gasteiger partial charge in [-0.1, -0.05) is 84.4 Å². The fourth-order valence-electron chi connectivity index (χ4n) is 4.99. The maximum absolute atomic E-state index is 13.3. The number of thiazole rings is 1. The summed E-state index contributed by atoms with van der Waals surface area (Å²) in [5.74, 6) is -0.0934. The predicted molar refractivity (Wildman–Crippen MR) is 166 cm³/mol. The lowest BCUT2D eigenvalue weighted by Gasteiger charge is -2.33. The highest BCUT2D eigenvalue weighted by atomic mass is 35.5. The van der Waals surface area contributed by atoms with Crippen LogP contribution in [0.4, 0.5) is 13.2 Å². The number of benzene rings is 3. The van der Waals surface area contributed by atoms with Gasteiger partial charge in [-0.15, -0.1) is 11.3 Å². The fraction of sp³-hybridized carbons (Fsp3) is 0.273. The summed E-state index contributed by atoms with van der Waals surface area (Å²) in [5, 5.41) is 3.12. The first kappa shape index (κ1) is 30.9. The summed E-state index contributed by atoms with van der Waals surface area (Å²) in [4.78, 5) is 24.1. The number of hydrogen-bond donors (Lipinski definition) is 0. The van der Waals surface area contributed by atoms with E-state index in [1.54, 1.807) is 23.6 Å². The number of aromatic nitrogens is 1. The van der Waals surface area contributed by atoms with Crippen LogP contribution in [0.25, 0.3) is 6.08 Å². The van der Waals surface area contributed by atoms with Crippen molar-refractivity contribution in [2.24, 2.45) is 0 Å². The van der Waals surface area contributed by atoms with Crippen molar-refractivity contribution in [3.63, 3.8) is 0 Å². The number of alkyl halides is 3. The van der Waals surface area contributed by atoms with Crippen molar-refractivity contribution in [2.45, 2.75) is 25.8 Å². The van der Waals surface area contributed by atoms with E-state index in [-0.39, 0.29) is 12.5 Å². The number of piperazine rings is 1. The molecule has 1 aromatic heterocycles. The number of halogens is 4. The van der Waals surface area contributed by atoms with E-state index in [9.17, 15) is 18.0 Å². The minimum atomic E-state index is -4.41. The molecule has 1 amide bonds. The van der Waals surface area contributed by atoms with E-state index >= 15 is 0 Å². The zero-order chi connectivity index (χ0) is 30.2. The van der Waals surface area contributed by atoms with Crippen LogP contribution < -0.4 is 0 Å². The van der Waals surface area contributed by atoms with E-state index in [2.05, 4.69) is 34.2 Å². The van der Waals surface area contributed by atoms with E-state index in [0.29, 0.717) is 42.5 Å². The van der Waals surface area contributed by atoms with Gasteiger partial charge in [-0.25, -0.2) is 4.98 Å². The normalized spacial score (nSPS) is 14.6. The van der Waals surface area contributed by atoms with Gasteiger partial charge in [-0.2, -0.15) is 13.2 Å². The Labute approximate surface area is 258 Å². The van der Waals surface area contributed by atoms with Gasteiger partial charge in [0.15, 0.2) is 0 Å². The van der Waals surface area contributed by atoms with Gasteiger partial charge >= 0.3 is 6.18 Å². The highest BCUT2D eigenvalue weighted by molar-refractivity contribution is 7.09. The molecule has 0 spiro atoms. The zero-order valence-corrected chi connectivity index (χ0v) is 25.1. The van der Waals surface area contributed by atoms with Crippen LogP contribution in [0.1, 0.15) is 37.7 Å². The summed E-state index contributed by atoms with van der Waals surface area (Å²) in [6.07, 6.45) is -0.155. The van der Waals surface area contributed by atoms with Crippen molar-refractivity contribution in [2.75, 3.05) is 32.7 Å². The van der Waals surface area contributed by atoms with E-state index < -0.39 is 11.7 Å². The zero-order valence-electron chi connectivity index (χ0n) is 23.5. The molecular formula is C33H32ClF3N4OS. The molecule has 1 fully saturated rings. The molecule has 224 valence electrons. The predicted octanol–water partition coefficient (Wildman–Crippen LogP) is 7.49. The Morgan fingerprint density at radius 1 is 0.907 bits per heavy atom. The number of carbonyl (C=O) groups excluding carboxylic acids is 1. The van der Waals surface area contributed by atoms with Crippen LogP contribution in [0.15, 0.2) is 90.3 Å². The van der Waals surface area contributed by atoms with Crippen molar-refractivity contribution < 1.29 is 18.0 Å². The Balaban J connectivity index is 1.20. The number of amides is 1. The Morgan fingerprint density at radius 3 is 2.35 bits per heavy atom. The average Bonchev–Trinajstić information content (AvgIpc) is 3.47. The Bertz CT molecular complexity index is 1520. The van der Waals surface area contributed by atoms with Gasteiger partial charge in [0.1, 0.15) is 10.7 Å². The van der Waals surface area contributed by atoms with Gasteiger partial charge in [0.25, 0.3) is 5.91 Å². The molecule has 1 saturated heterocycles. The van der Waals surface area contributed by atoms with Gasteiger partial charge in [0, 0.05) is 56.2 Å². The highest BCUT2D eigenvalue weighted by Gasteiger charge is 2.30. The second kappa shape index (κ2) is 14.3. The van der Waals surface area contributed by atoms with Crippen LogP contribution >= 0.6 is 22.9 Å². The number of rotatable bonds is 10. The molecule has 1 aliphatic rings. The molecule has 0 saturated carbocycles. The Morgan fingerprint density at radius 2 is 1.63 bits per heavy atom. The first-order valence-corrected chi connectivity index (χ1v) is 15.3.